The smallest absolute Gasteiger partial charge is 0.179 e. The van der Waals surface area contributed by atoms with Gasteiger partial charge in [0.25, 0.3) is 0 Å². The molecule has 0 aromatic rings. The molecule has 0 fully saturated rings. The molecule has 0 aromatic carbocycles. The molecule has 0 atom stereocenters. The molecule has 0 aliphatic heterocycles. The van der Waals surface area contributed by atoms with Crippen LogP contribution in [0.3, 0.4) is 0 Å². The maximum absolute atomic E-state index is 5.06. The fourth-order valence-electron chi connectivity index (χ4n) is 4.55. The summed E-state index contributed by atoms with van der Waals surface area (Å²) in [4.78, 5) is 4.37. The number of ether oxygens (including phenoxy) is 1. The van der Waals surface area contributed by atoms with E-state index in [4.69, 9.17) is 4.74 Å². The van der Waals surface area contributed by atoms with Gasteiger partial charge in [-0.05, 0) is 6.42 Å². The topological polar surface area (TPSA) is 21.6 Å². The van der Waals surface area contributed by atoms with Gasteiger partial charge in [0, 0.05) is 13.5 Å². The van der Waals surface area contributed by atoms with E-state index in [1.165, 1.54) is 161 Å². The van der Waals surface area contributed by atoms with Crippen molar-refractivity contribution in [1.82, 2.24) is 0 Å². The minimum Gasteiger partial charge on any atom is -0.484 e. The van der Waals surface area contributed by atoms with Gasteiger partial charge in [-0.2, -0.15) is 0 Å². The Balaban J connectivity index is 3.04. The van der Waals surface area contributed by atoms with Crippen molar-refractivity contribution < 1.29 is 4.74 Å². The highest BCUT2D eigenvalue weighted by molar-refractivity contribution is 5.72. The highest BCUT2D eigenvalue weighted by atomic mass is 16.5. The molecule has 0 aliphatic rings. The van der Waals surface area contributed by atoms with E-state index < -0.39 is 0 Å². The normalized spacial score (nSPS) is 11.9. The summed E-state index contributed by atoms with van der Waals surface area (Å²) in [5, 5.41) is 0. The van der Waals surface area contributed by atoms with E-state index in [-0.39, 0.29) is 0 Å². The van der Waals surface area contributed by atoms with Crippen molar-refractivity contribution in [3.63, 3.8) is 0 Å². The summed E-state index contributed by atoms with van der Waals surface area (Å²) in [6.07, 6.45) is 36.1. The fraction of sp³-hybridized carbons (Fsp3) is 0.967. The van der Waals surface area contributed by atoms with Crippen LogP contribution in [0.4, 0.5) is 0 Å². The molecule has 0 radical (unpaired) electrons. The Morgan fingerprint density at radius 1 is 0.438 bits per heavy atom. The number of hydrogen-bond donors (Lipinski definition) is 0. The Labute approximate surface area is 203 Å². The molecule has 0 unspecified atom stereocenters. The molecule has 192 valence electrons. The van der Waals surface area contributed by atoms with Gasteiger partial charge in [0.2, 0.25) is 0 Å². The molecule has 0 rings (SSSR count). The second-order valence-corrected chi connectivity index (χ2v) is 10.1. The van der Waals surface area contributed by atoms with Crippen LogP contribution in [0.1, 0.15) is 174 Å². The van der Waals surface area contributed by atoms with Crippen molar-refractivity contribution >= 4 is 5.90 Å². The van der Waals surface area contributed by atoms with Gasteiger partial charge in [-0.3, -0.25) is 4.99 Å². The summed E-state index contributed by atoms with van der Waals surface area (Å²) in [7, 11) is 1.69. The van der Waals surface area contributed by atoms with Crippen LogP contribution in [0.25, 0.3) is 0 Å². The monoisotopic (exact) mass is 451 g/mol. The Morgan fingerprint density at radius 3 is 0.938 bits per heavy atom. The van der Waals surface area contributed by atoms with Crippen LogP contribution in [0.5, 0.6) is 0 Å². The molecular weight excluding hydrogens is 390 g/mol. The van der Waals surface area contributed by atoms with Gasteiger partial charge in [0.15, 0.2) is 5.90 Å². The SMILES string of the molecule is CCCCCCCCCCCCCCCCCCCCCCCCCCCN=C(C)OC. The molecule has 0 aromatic heterocycles. The van der Waals surface area contributed by atoms with E-state index >= 15 is 0 Å². The third kappa shape index (κ3) is 27.5. The molecule has 2 nitrogen and oxygen atoms in total. The first kappa shape index (κ1) is 31.5. The molecule has 0 bridgehead atoms. The van der Waals surface area contributed by atoms with E-state index in [2.05, 4.69) is 11.9 Å². The van der Waals surface area contributed by atoms with Crippen LogP contribution in [-0.4, -0.2) is 19.6 Å². The molecule has 0 spiro atoms. The van der Waals surface area contributed by atoms with E-state index in [1.807, 2.05) is 6.92 Å². The first-order valence-corrected chi connectivity index (χ1v) is 14.9. The number of hydrogen-bond acceptors (Lipinski definition) is 2. The number of nitrogens with zero attached hydrogens (tertiary/aromatic N) is 1. The van der Waals surface area contributed by atoms with Crippen molar-refractivity contribution in [2.45, 2.75) is 174 Å². The van der Waals surface area contributed by atoms with E-state index in [0.29, 0.717) is 0 Å². The predicted molar refractivity (Wildman–Crippen MR) is 146 cm³/mol. The maximum Gasteiger partial charge on any atom is 0.179 e. The first-order valence-electron chi connectivity index (χ1n) is 14.9. The second-order valence-electron chi connectivity index (χ2n) is 10.1. The lowest BCUT2D eigenvalue weighted by molar-refractivity contribution is 0.397. The molecule has 0 N–H and O–H groups in total. The Hall–Kier alpha value is -0.530. The van der Waals surface area contributed by atoms with Crippen LogP contribution in [0.15, 0.2) is 4.99 Å². The minimum absolute atomic E-state index is 0.814. The van der Waals surface area contributed by atoms with Gasteiger partial charge in [-0.25, -0.2) is 0 Å². The molecule has 0 amide bonds. The Morgan fingerprint density at radius 2 is 0.688 bits per heavy atom. The molecule has 0 aliphatic carbocycles. The van der Waals surface area contributed by atoms with Crippen LogP contribution >= 0.6 is 0 Å². The molecular formula is C30H61NO. The zero-order chi connectivity index (χ0) is 23.4. The minimum atomic E-state index is 0.814. The van der Waals surface area contributed by atoms with Gasteiger partial charge < -0.3 is 4.74 Å². The zero-order valence-corrected chi connectivity index (χ0v) is 22.7. The standard InChI is InChI=1S/C30H61NO/c1-4-5-6-7-8-9-10-11-12-13-14-15-16-17-18-19-20-21-22-23-24-25-26-27-28-29-31-30(2)32-3/h4-29H2,1-3H3. The van der Waals surface area contributed by atoms with Crippen molar-refractivity contribution in [2.24, 2.45) is 4.99 Å². The number of rotatable bonds is 26. The van der Waals surface area contributed by atoms with Gasteiger partial charge in [-0.15, -0.1) is 0 Å². The Kier molecular flexibility index (Phi) is 28.0. The number of methoxy groups -OCH3 is 1. The highest BCUT2D eigenvalue weighted by Crippen LogP contribution is 2.15. The average Bonchev–Trinajstić information content (AvgIpc) is 2.81. The summed E-state index contributed by atoms with van der Waals surface area (Å²) in [5.74, 6) is 0.814. The largest absolute Gasteiger partial charge is 0.484 e. The molecule has 0 saturated carbocycles. The second kappa shape index (κ2) is 28.5. The quantitative estimate of drug-likeness (QED) is 0.0727. The van der Waals surface area contributed by atoms with Gasteiger partial charge in [0.05, 0.1) is 7.11 Å². The summed E-state index contributed by atoms with van der Waals surface area (Å²) in [6.45, 7) is 5.16. The molecule has 32 heavy (non-hydrogen) atoms. The van der Waals surface area contributed by atoms with Crippen molar-refractivity contribution in [3.8, 4) is 0 Å². The summed E-state index contributed by atoms with van der Waals surface area (Å²) < 4.78 is 5.06. The summed E-state index contributed by atoms with van der Waals surface area (Å²) in [5.41, 5.74) is 0. The lowest BCUT2D eigenvalue weighted by atomic mass is 10.0. The van der Waals surface area contributed by atoms with Crippen molar-refractivity contribution in [3.05, 3.63) is 0 Å². The van der Waals surface area contributed by atoms with Crippen molar-refractivity contribution in [1.29, 1.82) is 0 Å². The Bertz CT molecular complexity index is 366. The lowest BCUT2D eigenvalue weighted by Gasteiger charge is -2.04. The van der Waals surface area contributed by atoms with Crippen LogP contribution in [0, 0.1) is 0 Å². The third-order valence-electron chi connectivity index (χ3n) is 6.89. The van der Waals surface area contributed by atoms with Crippen LogP contribution < -0.4 is 0 Å². The highest BCUT2D eigenvalue weighted by Gasteiger charge is 1.96. The van der Waals surface area contributed by atoms with E-state index in [9.17, 15) is 0 Å². The average molecular weight is 452 g/mol. The summed E-state index contributed by atoms with van der Waals surface area (Å²) in [6, 6.07) is 0. The fourth-order valence-corrected chi connectivity index (χ4v) is 4.55. The molecule has 0 saturated heterocycles. The molecule has 0 heterocycles. The van der Waals surface area contributed by atoms with Gasteiger partial charge >= 0.3 is 0 Å². The zero-order valence-electron chi connectivity index (χ0n) is 22.7. The lowest BCUT2D eigenvalue weighted by Crippen LogP contribution is -1.95. The van der Waals surface area contributed by atoms with Crippen molar-refractivity contribution in [2.75, 3.05) is 13.7 Å². The third-order valence-corrected chi connectivity index (χ3v) is 6.89. The number of unbranched alkanes of at least 4 members (excludes halogenated alkanes) is 24. The summed E-state index contributed by atoms with van der Waals surface area (Å²) >= 11 is 0. The van der Waals surface area contributed by atoms with Crippen LogP contribution in [-0.2, 0) is 4.74 Å². The first-order chi connectivity index (χ1) is 15.8. The van der Waals surface area contributed by atoms with Crippen LogP contribution in [0.2, 0.25) is 0 Å². The molecule has 2 heteroatoms. The van der Waals surface area contributed by atoms with E-state index in [0.717, 1.165) is 12.4 Å². The number of aliphatic imine (C=N–C) groups is 1. The van der Waals surface area contributed by atoms with Gasteiger partial charge in [0.1, 0.15) is 0 Å². The maximum atomic E-state index is 5.06. The van der Waals surface area contributed by atoms with E-state index in [1.54, 1.807) is 7.11 Å². The predicted octanol–water partition coefficient (Wildman–Crippen LogP) is 10.8. The van der Waals surface area contributed by atoms with Gasteiger partial charge in [-0.1, -0.05) is 161 Å².